The number of hydrogen-bond donors (Lipinski definition) is 0. The number of azo groups is 1. The van der Waals surface area contributed by atoms with Gasteiger partial charge in [0.2, 0.25) is 6.33 Å². The van der Waals surface area contributed by atoms with Crippen LogP contribution in [-0.4, -0.2) is 104 Å². The van der Waals surface area contributed by atoms with E-state index in [1.54, 1.807) is 24.3 Å². The number of nitrogens with zero attached hydrogens (tertiary/aromatic N) is 8. The molecule has 4 aromatic rings. The highest BCUT2D eigenvalue weighted by molar-refractivity contribution is 7.86. The van der Waals surface area contributed by atoms with Crippen molar-refractivity contribution in [3.63, 3.8) is 0 Å². The average Bonchev–Trinajstić information content (AvgIpc) is 3.54. The largest absolute Gasteiger partial charge is 0.744 e. The fourth-order valence-corrected chi connectivity index (χ4v) is 6.98. The van der Waals surface area contributed by atoms with Crippen molar-refractivity contribution in [2.75, 3.05) is 63.8 Å². The minimum absolute atomic E-state index is 0.178. The Labute approximate surface area is 308 Å². The molecule has 3 fully saturated rings. The Morgan fingerprint density at radius 1 is 0.769 bits per heavy atom. The summed E-state index contributed by atoms with van der Waals surface area (Å²) in [5, 5.41) is 13.3. The summed E-state index contributed by atoms with van der Waals surface area (Å²) in [6, 6.07) is 20.1. The van der Waals surface area contributed by atoms with Crippen LogP contribution in [0.15, 0.2) is 99.1 Å². The van der Waals surface area contributed by atoms with Crippen molar-refractivity contribution in [3.05, 3.63) is 90.3 Å². The van der Waals surface area contributed by atoms with E-state index in [2.05, 4.69) is 70.2 Å². The zero-order valence-electron chi connectivity index (χ0n) is 30.6. The molecule has 3 saturated heterocycles. The van der Waals surface area contributed by atoms with Gasteiger partial charge in [-0.3, -0.25) is 4.90 Å². The molecule has 3 aromatic carbocycles. The molecule has 3 aliphatic heterocycles. The van der Waals surface area contributed by atoms with Crippen molar-refractivity contribution in [1.29, 1.82) is 0 Å². The molecule has 282 valence electrons. The molecule has 16 heteroatoms. The van der Waals surface area contributed by atoms with Crippen LogP contribution in [0, 0.1) is 13.8 Å². The Morgan fingerprint density at radius 2 is 1.27 bits per heavy atom. The molecule has 0 aliphatic carbocycles. The Kier molecular flexibility index (Phi) is 14.2. The maximum absolute atomic E-state index is 10.4. The lowest BCUT2D eigenvalue weighted by atomic mass is 10.1. The first kappa shape index (κ1) is 40.7. The van der Waals surface area contributed by atoms with Crippen molar-refractivity contribution in [2.24, 2.45) is 10.2 Å². The van der Waals surface area contributed by atoms with Gasteiger partial charge in [-0.05, 0) is 88.2 Å². The second kappa shape index (κ2) is 18.1. The number of fused-ring (bicyclic) bond motifs is 3. The van der Waals surface area contributed by atoms with Gasteiger partial charge in [0.05, 0.1) is 61.3 Å². The van der Waals surface area contributed by atoms with Crippen LogP contribution in [0.4, 0.5) is 17.3 Å². The minimum atomic E-state index is -4.27. The monoisotopic (exact) mass is 754 g/mol. The van der Waals surface area contributed by atoms with Gasteiger partial charge in [0, 0.05) is 37.0 Å². The summed E-state index contributed by atoms with van der Waals surface area (Å²) in [5.74, 6) is 0.787. The molecular weight excluding hydrogens is 705 g/mol. The van der Waals surface area contributed by atoms with Crippen LogP contribution in [0.25, 0.3) is 0 Å². The predicted molar refractivity (Wildman–Crippen MR) is 197 cm³/mol. The summed E-state index contributed by atoms with van der Waals surface area (Å²) in [7, 11) is -8.54. The zero-order valence-corrected chi connectivity index (χ0v) is 32.3. The summed E-state index contributed by atoms with van der Waals surface area (Å²) in [4.78, 5) is 4.75. The molecular formula is C36H50N8O6S2. The van der Waals surface area contributed by atoms with E-state index in [1.807, 2.05) is 29.4 Å². The van der Waals surface area contributed by atoms with Crippen LogP contribution < -0.4 is 9.47 Å². The van der Waals surface area contributed by atoms with E-state index in [1.165, 1.54) is 80.2 Å². The summed E-state index contributed by atoms with van der Waals surface area (Å²) in [6.45, 7) is 22.8. The molecule has 7 rings (SSSR count). The van der Waals surface area contributed by atoms with Gasteiger partial charge in [-0.1, -0.05) is 40.5 Å². The highest BCUT2D eigenvalue weighted by Gasteiger charge is 2.38. The maximum atomic E-state index is 10.4. The van der Waals surface area contributed by atoms with Gasteiger partial charge in [-0.2, -0.15) is 0 Å². The molecule has 2 bridgehead atoms. The number of quaternary nitrogens is 1. The SMILES string of the molecule is CCN(CC[N+]12CCN(CC1)CC2)c1ccc(N=Nc2n(CC)nc[n+]2CC)cc1.Cc1ccc(S(=O)(=O)[O-])cc1.Cc1ccc(S(=O)(=O)[O-])cc1. The first-order valence-corrected chi connectivity index (χ1v) is 20.3. The van der Waals surface area contributed by atoms with Crippen LogP contribution in [0.1, 0.15) is 31.9 Å². The molecule has 0 radical (unpaired) electrons. The van der Waals surface area contributed by atoms with E-state index in [0.29, 0.717) is 0 Å². The van der Waals surface area contributed by atoms with E-state index in [9.17, 15) is 25.9 Å². The number of likely N-dealkylation sites (N-methyl/N-ethyl adjacent to an activating group) is 1. The number of rotatable bonds is 11. The van der Waals surface area contributed by atoms with Crippen molar-refractivity contribution in [1.82, 2.24) is 14.7 Å². The Balaban J connectivity index is 0.000000224. The molecule has 0 unspecified atom stereocenters. The van der Waals surface area contributed by atoms with Gasteiger partial charge in [-0.15, -0.1) is 4.68 Å². The Bertz CT molecular complexity index is 1870. The third-order valence-electron chi connectivity index (χ3n) is 9.45. The maximum Gasteiger partial charge on any atom is 0.403 e. The highest BCUT2D eigenvalue weighted by Crippen LogP contribution is 2.24. The van der Waals surface area contributed by atoms with Crippen molar-refractivity contribution < 1.29 is 35.0 Å². The number of piperazine rings is 3. The first-order chi connectivity index (χ1) is 24.7. The molecule has 14 nitrogen and oxygen atoms in total. The number of anilines is 1. The fraction of sp³-hybridized carbons (Fsp3) is 0.444. The number of hydrogen-bond acceptors (Lipinski definition) is 11. The van der Waals surface area contributed by atoms with Gasteiger partial charge >= 0.3 is 5.95 Å². The quantitative estimate of drug-likeness (QED) is 0.0934. The third-order valence-corrected chi connectivity index (χ3v) is 11.1. The Hall–Kier alpha value is -4.06. The lowest BCUT2D eigenvalue weighted by Gasteiger charge is -2.51. The third kappa shape index (κ3) is 11.5. The molecule has 0 spiro atoms. The average molecular weight is 755 g/mol. The molecule has 0 saturated carbocycles. The van der Waals surface area contributed by atoms with E-state index in [0.717, 1.165) is 48.9 Å². The molecule has 3 aliphatic rings. The molecule has 0 N–H and O–H groups in total. The van der Waals surface area contributed by atoms with E-state index in [-0.39, 0.29) is 9.79 Å². The summed E-state index contributed by atoms with van der Waals surface area (Å²) in [6.07, 6.45) is 1.81. The van der Waals surface area contributed by atoms with E-state index < -0.39 is 20.2 Å². The predicted octanol–water partition coefficient (Wildman–Crippen LogP) is 4.40. The molecule has 52 heavy (non-hydrogen) atoms. The van der Waals surface area contributed by atoms with E-state index >= 15 is 0 Å². The van der Waals surface area contributed by atoms with Gasteiger partial charge in [0.1, 0.15) is 20.2 Å². The van der Waals surface area contributed by atoms with Crippen molar-refractivity contribution in [3.8, 4) is 0 Å². The Morgan fingerprint density at radius 3 is 1.69 bits per heavy atom. The van der Waals surface area contributed by atoms with Gasteiger partial charge in [0.25, 0.3) is 0 Å². The lowest BCUT2D eigenvalue weighted by molar-refractivity contribution is -0.939. The second-order valence-corrected chi connectivity index (χ2v) is 15.7. The van der Waals surface area contributed by atoms with Crippen LogP contribution >= 0.6 is 0 Å². The summed E-state index contributed by atoms with van der Waals surface area (Å²) >= 11 is 0. The molecule has 4 heterocycles. The minimum Gasteiger partial charge on any atom is -0.744 e. The van der Waals surface area contributed by atoms with Crippen LogP contribution in [0.2, 0.25) is 0 Å². The number of aromatic nitrogens is 3. The zero-order chi connectivity index (χ0) is 37.9. The van der Waals surface area contributed by atoms with Crippen LogP contribution in [0.3, 0.4) is 0 Å². The normalized spacial score (nSPS) is 18.3. The fourth-order valence-electron chi connectivity index (χ4n) is 6.04. The standard InChI is InChI=1S/C22H36N8.2C7H8O3S/c1-4-27(14-18-30-15-11-26(12-16-30)13-17-30)21-9-7-20(8-10-21)24-25-22-28(5-2)19-23-29(22)6-3;2*1-6-2-4-7(5-3-6)11(8,9)10/h7-10,19H,4-6,11-18H2,1-3H3;2*2-5H,1H3,(H,8,9,10)/q+2;;/p-2. The van der Waals surface area contributed by atoms with Crippen molar-refractivity contribution in [2.45, 2.75) is 57.5 Å². The summed E-state index contributed by atoms with van der Waals surface area (Å²) in [5.41, 5.74) is 4.00. The molecule has 1 aromatic heterocycles. The van der Waals surface area contributed by atoms with Gasteiger partial charge in [-0.25, -0.2) is 21.4 Å². The highest BCUT2D eigenvalue weighted by atomic mass is 32.2. The second-order valence-electron chi connectivity index (χ2n) is 12.9. The number of benzene rings is 3. The van der Waals surface area contributed by atoms with Crippen LogP contribution in [0.5, 0.6) is 0 Å². The van der Waals surface area contributed by atoms with Gasteiger partial charge in [0.15, 0.2) is 0 Å². The van der Waals surface area contributed by atoms with Crippen molar-refractivity contribution >= 4 is 37.6 Å². The first-order valence-electron chi connectivity index (χ1n) is 17.5. The smallest absolute Gasteiger partial charge is 0.403 e. The summed E-state index contributed by atoms with van der Waals surface area (Å²) < 4.78 is 67.5. The van der Waals surface area contributed by atoms with Gasteiger partial charge < -0.3 is 18.5 Å². The lowest BCUT2D eigenvalue weighted by Crippen LogP contribution is -2.68. The number of aryl methyl sites for hydroxylation is 4. The molecule has 0 amide bonds. The van der Waals surface area contributed by atoms with Crippen LogP contribution in [-0.2, 0) is 33.3 Å². The topological polar surface area (TPSA) is 167 Å². The molecule has 0 atom stereocenters. The van der Waals surface area contributed by atoms with E-state index in [4.69, 9.17) is 0 Å².